The van der Waals surface area contributed by atoms with Gasteiger partial charge in [-0.1, -0.05) is 6.07 Å². The molecule has 2 aliphatic heterocycles. The van der Waals surface area contributed by atoms with Gasteiger partial charge in [0.25, 0.3) is 0 Å². The quantitative estimate of drug-likeness (QED) is 0.876. The van der Waals surface area contributed by atoms with Crippen molar-refractivity contribution in [3.63, 3.8) is 0 Å². The maximum atomic E-state index is 12.3. The van der Waals surface area contributed by atoms with E-state index >= 15 is 0 Å². The van der Waals surface area contributed by atoms with Gasteiger partial charge in [0, 0.05) is 13.1 Å². The normalized spacial score (nSPS) is 18.3. The van der Waals surface area contributed by atoms with Gasteiger partial charge < -0.3 is 14.9 Å². The number of hydrogen-bond donors (Lipinski definition) is 1. The van der Waals surface area contributed by atoms with E-state index in [1.807, 2.05) is 6.07 Å². The summed E-state index contributed by atoms with van der Waals surface area (Å²) in [6.07, 6.45) is 0.796. The van der Waals surface area contributed by atoms with Crippen LogP contribution in [0.25, 0.3) is 0 Å². The summed E-state index contributed by atoms with van der Waals surface area (Å²) in [6, 6.07) is 5.30. The van der Waals surface area contributed by atoms with Crippen LogP contribution in [0.1, 0.15) is 11.1 Å². The lowest BCUT2D eigenvalue weighted by Crippen LogP contribution is -2.43. The highest BCUT2D eigenvalue weighted by Crippen LogP contribution is 2.23. The number of amides is 2. The zero-order valence-corrected chi connectivity index (χ0v) is 11.9. The molecule has 6 heteroatoms. The van der Waals surface area contributed by atoms with Gasteiger partial charge in [-0.2, -0.15) is 0 Å². The van der Waals surface area contributed by atoms with E-state index in [4.69, 9.17) is 0 Å². The van der Waals surface area contributed by atoms with E-state index < -0.39 is 0 Å². The molecule has 1 N–H and O–H groups in total. The van der Waals surface area contributed by atoms with Gasteiger partial charge in [-0.15, -0.1) is 11.8 Å². The van der Waals surface area contributed by atoms with Crippen LogP contribution >= 0.6 is 11.8 Å². The molecule has 5 nitrogen and oxygen atoms in total. The molecule has 0 unspecified atom stereocenters. The minimum Gasteiger partial charge on any atom is -0.508 e. The van der Waals surface area contributed by atoms with E-state index in [1.54, 1.807) is 33.7 Å². The first-order chi connectivity index (χ1) is 9.63. The summed E-state index contributed by atoms with van der Waals surface area (Å²) in [7, 11) is 0. The molecule has 0 aromatic heterocycles. The molecule has 0 saturated carbocycles. The SMILES string of the molecule is O=C1CSCN1CC(=O)N1CCc2ccc(O)cc2C1. The molecule has 1 fully saturated rings. The largest absolute Gasteiger partial charge is 0.508 e. The summed E-state index contributed by atoms with van der Waals surface area (Å²) in [5.41, 5.74) is 2.17. The molecule has 2 aliphatic rings. The molecule has 0 aliphatic carbocycles. The monoisotopic (exact) mass is 292 g/mol. The van der Waals surface area contributed by atoms with Gasteiger partial charge in [0.15, 0.2) is 0 Å². The highest BCUT2D eigenvalue weighted by molar-refractivity contribution is 8.00. The highest BCUT2D eigenvalue weighted by atomic mass is 32.2. The summed E-state index contributed by atoms with van der Waals surface area (Å²) in [5.74, 6) is 1.33. The molecule has 3 rings (SSSR count). The first-order valence-corrected chi connectivity index (χ1v) is 7.73. The lowest BCUT2D eigenvalue weighted by molar-refractivity contribution is -0.138. The van der Waals surface area contributed by atoms with E-state index in [0.717, 1.165) is 12.0 Å². The molecule has 2 amide bonds. The second-order valence-electron chi connectivity index (χ2n) is 5.09. The van der Waals surface area contributed by atoms with Gasteiger partial charge in [0.2, 0.25) is 11.8 Å². The van der Waals surface area contributed by atoms with Crippen molar-refractivity contribution < 1.29 is 14.7 Å². The van der Waals surface area contributed by atoms with Crippen molar-refractivity contribution in [3.05, 3.63) is 29.3 Å². The predicted octanol–water partition coefficient (Wildman–Crippen LogP) is 0.810. The Kier molecular flexibility index (Phi) is 3.56. The van der Waals surface area contributed by atoms with Crippen LogP contribution in [0.15, 0.2) is 18.2 Å². The Hall–Kier alpha value is -1.69. The number of hydrogen-bond acceptors (Lipinski definition) is 4. The number of aromatic hydroxyl groups is 1. The topological polar surface area (TPSA) is 60.9 Å². The molecule has 2 heterocycles. The zero-order chi connectivity index (χ0) is 14.1. The molecule has 1 aromatic rings. The van der Waals surface area contributed by atoms with Gasteiger partial charge in [0.05, 0.1) is 11.6 Å². The van der Waals surface area contributed by atoms with Gasteiger partial charge in [-0.25, -0.2) is 0 Å². The standard InChI is InChI=1S/C14H16N2O3S/c17-12-2-1-10-3-4-15(6-11(10)5-12)13(18)7-16-9-20-8-14(16)19/h1-2,5,17H,3-4,6-9H2. The second kappa shape index (κ2) is 5.36. The number of thioether (sulfide) groups is 1. The Morgan fingerprint density at radius 3 is 2.95 bits per heavy atom. The van der Waals surface area contributed by atoms with Crippen molar-refractivity contribution >= 4 is 23.6 Å². The lowest BCUT2D eigenvalue weighted by atomic mass is 9.99. The Morgan fingerprint density at radius 1 is 1.35 bits per heavy atom. The Morgan fingerprint density at radius 2 is 2.20 bits per heavy atom. The number of phenols is 1. The summed E-state index contributed by atoms with van der Waals surface area (Å²) in [5, 5.41) is 9.52. The van der Waals surface area contributed by atoms with Crippen molar-refractivity contribution in [1.29, 1.82) is 0 Å². The average molecular weight is 292 g/mol. The fourth-order valence-corrected chi connectivity index (χ4v) is 3.46. The smallest absolute Gasteiger partial charge is 0.242 e. The zero-order valence-electron chi connectivity index (χ0n) is 11.0. The van der Waals surface area contributed by atoms with Crippen molar-refractivity contribution in [3.8, 4) is 5.75 Å². The van der Waals surface area contributed by atoms with Crippen LogP contribution in [-0.4, -0.2) is 51.4 Å². The number of rotatable bonds is 2. The molecule has 106 valence electrons. The Labute approximate surface area is 121 Å². The van der Waals surface area contributed by atoms with Crippen molar-refractivity contribution in [2.75, 3.05) is 24.7 Å². The van der Waals surface area contributed by atoms with E-state index in [-0.39, 0.29) is 24.1 Å². The van der Waals surface area contributed by atoms with E-state index in [9.17, 15) is 14.7 Å². The van der Waals surface area contributed by atoms with Crippen LogP contribution in [-0.2, 0) is 22.6 Å². The van der Waals surface area contributed by atoms with Gasteiger partial charge in [-0.3, -0.25) is 9.59 Å². The van der Waals surface area contributed by atoms with Crippen LogP contribution in [0.2, 0.25) is 0 Å². The van der Waals surface area contributed by atoms with Crippen molar-refractivity contribution in [2.24, 2.45) is 0 Å². The molecular formula is C14H16N2O3S. The Balaban J connectivity index is 1.67. The minimum atomic E-state index is -0.0187. The van der Waals surface area contributed by atoms with E-state index in [1.165, 1.54) is 5.56 Å². The van der Waals surface area contributed by atoms with Gasteiger partial charge in [-0.05, 0) is 29.7 Å². The molecule has 20 heavy (non-hydrogen) atoms. The highest BCUT2D eigenvalue weighted by Gasteiger charge is 2.27. The number of carbonyl (C=O) groups excluding carboxylic acids is 2. The average Bonchev–Trinajstić information content (AvgIpc) is 2.83. The fourth-order valence-electron chi connectivity index (χ4n) is 2.56. The van der Waals surface area contributed by atoms with Crippen LogP contribution in [0.4, 0.5) is 0 Å². The molecule has 0 atom stereocenters. The first-order valence-electron chi connectivity index (χ1n) is 6.57. The minimum absolute atomic E-state index is 0.0187. The van der Waals surface area contributed by atoms with Gasteiger partial charge >= 0.3 is 0 Å². The summed E-state index contributed by atoms with van der Waals surface area (Å²) < 4.78 is 0. The van der Waals surface area contributed by atoms with Crippen LogP contribution in [0.5, 0.6) is 5.75 Å². The van der Waals surface area contributed by atoms with Crippen LogP contribution in [0.3, 0.4) is 0 Å². The van der Waals surface area contributed by atoms with E-state index in [2.05, 4.69) is 0 Å². The third-order valence-corrected chi connectivity index (χ3v) is 4.65. The number of carbonyl (C=O) groups is 2. The number of fused-ring (bicyclic) bond motifs is 1. The molecular weight excluding hydrogens is 276 g/mol. The van der Waals surface area contributed by atoms with Crippen molar-refractivity contribution in [1.82, 2.24) is 9.80 Å². The lowest BCUT2D eigenvalue weighted by Gasteiger charge is -2.30. The summed E-state index contributed by atoms with van der Waals surface area (Å²) in [4.78, 5) is 27.2. The molecule has 1 aromatic carbocycles. The Bertz CT molecular complexity index is 561. The third-order valence-electron chi connectivity index (χ3n) is 3.71. The summed E-state index contributed by atoms with van der Waals surface area (Å²) >= 11 is 1.54. The fraction of sp³-hybridized carbons (Fsp3) is 0.429. The van der Waals surface area contributed by atoms with Crippen LogP contribution < -0.4 is 0 Å². The number of phenolic OH excluding ortho intramolecular Hbond substituents is 1. The first kappa shape index (κ1) is 13.3. The van der Waals surface area contributed by atoms with E-state index in [0.29, 0.717) is 24.7 Å². The maximum Gasteiger partial charge on any atom is 0.242 e. The predicted molar refractivity (Wildman–Crippen MR) is 76.3 cm³/mol. The number of benzene rings is 1. The third kappa shape index (κ3) is 2.60. The second-order valence-corrected chi connectivity index (χ2v) is 6.04. The van der Waals surface area contributed by atoms with Crippen molar-refractivity contribution in [2.45, 2.75) is 13.0 Å². The molecule has 0 spiro atoms. The van der Waals surface area contributed by atoms with Gasteiger partial charge in [0.1, 0.15) is 12.3 Å². The van der Waals surface area contributed by atoms with Crippen LogP contribution in [0, 0.1) is 0 Å². The molecule has 0 radical (unpaired) electrons. The number of nitrogens with zero attached hydrogens (tertiary/aromatic N) is 2. The molecule has 1 saturated heterocycles. The summed E-state index contributed by atoms with van der Waals surface area (Å²) in [6.45, 7) is 1.35. The maximum absolute atomic E-state index is 12.3. The molecule has 0 bridgehead atoms.